The predicted octanol–water partition coefficient (Wildman–Crippen LogP) is 1.95. The van der Waals surface area contributed by atoms with E-state index >= 15 is 0 Å². The van der Waals surface area contributed by atoms with Gasteiger partial charge in [0.2, 0.25) is 0 Å². The third kappa shape index (κ3) is 3.36. The van der Waals surface area contributed by atoms with Gasteiger partial charge in [-0.3, -0.25) is 14.9 Å². The molecule has 6 nitrogen and oxygen atoms in total. The van der Waals surface area contributed by atoms with Crippen molar-refractivity contribution in [2.24, 2.45) is 0 Å². The summed E-state index contributed by atoms with van der Waals surface area (Å²) in [5.74, 6) is -1.12. The third-order valence-electron chi connectivity index (χ3n) is 3.59. The number of nitrogens with one attached hydrogen (secondary N) is 1. The van der Waals surface area contributed by atoms with Crippen LogP contribution in [0.5, 0.6) is 0 Å². The summed E-state index contributed by atoms with van der Waals surface area (Å²) in [6, 6.07) is 2.99. The molecule has 2 rings (SSSR count). The summed E-state index contributed by atoms with van der Waals surface area (Å²) in [5, 5.41) is 14.2. The summed E-state index contributed by atoms with van der Waals surface area (Å²) in [6.07, 6.45) is 1.54. The summed E-state index contributed by atoms with van der Waals surface area (Å²) >= 11 is 0. The van der Waals surface area contributed by atoms with Gasteiger partial charge in [-0.05, 0) is 31.5 Å². The average Bonchev–Trinajstić information content (AvgIpc) is 2.97. The van der Waals surface area contributed by atoms with Crippen LogP contribution in [-0.4, -0.2) is 41.4 Å². The lowest BCUT2D eigenvalue weighted by molar-refractivity contribution is -0.385. The average molecular weight is 295 g/mol. The van der Waals surface area contributed by atoms with E-state index in [0.717, 1.165) is 37.6 Å². The highest BCUT2D eigenvalue weighted by Gasteiger charge is 2.30. The molecule has 1 heterocycles. The minimum Gasteiger partial charge on any atom is -0.334 e. The largest absolute Gasteiger partial charge is 0.334 e. The van der Waals surface area contributed by atoms with E-state index in [4.69, 9.17) is 0 Å². The summed E-state index contributed by atoms with van der Waals surface area (Å²) in [6.45, 7) is 3.90. The molecule has 114 valence electrons. The van der Waals surface area contributed by atoms with Crippen LogP contribution in [0.4, 0.5) is 10.1 Å². The molecule has 1 N–H and O–H groups in total. The maximum Gasteiger partial charge on any atom is 0.282 e. The molecule has 0 aromatic heterocycles. The SMILES string of the molecule is CCCN(C(=O)c1cc(F)ccc1[N+](=O)[O-])C1CCNC1. The molecule has 0 bridgehead atoms. The monoisotopic (exact) mass is 295 g/mol. The zero-order valence-electron chi connectivity index (χ0n) is 11.8. The summed E-state index contributed by atoms with van der Waals surface area (Å²) in [7, 11) is 0. The summed E-state index contributed by atoms with van der Waals surface area (Å²) in [4.78, 5) is 24.6. The summed E-state index contributed by atoms with van der Waals surface area (Å²) < 4.78 is 13.4. The van der Waals surface area contributed by atoms with Crippen LogP contribution in [0.25, 0.3) is 0 Å². The van der Waals surface area contributed by atoms with Crippen LogP contribution in [0.3, 0.4) is 0 Å². The number of benzene rings is 1. The van der Waals surface area contributed by atoms with Gasteiger partial charge in [-0.2, -0.15) is 0 Å². The topological polar surface area (TPSA) is 75.5 Å². The van der Waals surface area contributed by atoms with Gasteiger partial charge in [-0.25, -0.2) is 4.39 Å². The van der Waals surface area contributed by atoms with Crippen molar-refractivity contribution in [3.05, 3.63) is 39.7 Å². The lowest BCUT2D eigenvalue weighted by Gasteiger charge is -2.28. The Morgan fingerprint density at radius 1 is 1.57 bits per heavy atom. The first-order valence-electron chi connectivity index (χ1n) is 7.00. The number of nitro benzene ring substituents is 1. The highest BCUT2D eigenvalue weighted by molar-refractivity contribution is 5.98. The molecule has 1 aliphatic heterocycles. The number of nitro groups is 1. The fourth-order valence-corrected chi connectivity index (χ4v) is 2.59. The van der Waals surface area contributed by atoms with Gasteiger partial charge in [0, 0.05) is 25.2 Å². The molecule has 0 saturated carbocycles. The van der Waals surface area contributed by atoms with Gasteiger partial charge < -0.3 is 10.2 Å². The molecular weight excluding hydrogens is 277 g/mol. The van der Waals surface area contributed by atoms with Gasteiger partial charge >= 0.3 is 0 Å². The van der Waals surface area contributed by atoms with Crippen LogP contribution in [0, 0.1) is 15.9 Å². The maximum absolute atomic E-state index is 13.4. The Morgan fingerprint density at radius 2 is 2.33 bits per heavy atom. The van der Waals surface area contributed by atoms with Gasteiger partial charge in [0.25, 0.3) is 11.6 Å². The molecule has 0 aliphatic carbocycles. The molecule has 0 radical (unpaired) electrons. The van der Waals surface area contributed by atoms with E-state index in [1.165, 1.54) is 0 Å². The second-order valence-electron chi connectivity index (χ2n) is 5.06. The fourth-order valence-electron chi connectivity index (χ4n) is 2.59. The Labute approximate surface area is 122 Å². The van der Waals surface area contributed by atoms with Crippen LogP contribution in [0.15, 0.2) is 18.2 Å². The van der Waals surface area contributed by atoms with Crippen LogP contribution in [0.2, 0.25) is 0 Å². The molecular formula is C14H18FN3O3. The Balaban J connectivity index is 2.35. The highest BCUT2D eigenvalue weighted by atomic mass is 19.1. The van der Waals surface area contributed by atoms with E-state index in [2.05, 4.69) is 5.32 Å². The van der Waals surface area contributed by atoms with Gasteiger partial charge in [-0.15, -0.1) is 0 Å². The highest BCUT2D eigenvalue weighted by Crippen LogP contribution is 2.23. The third-order valence-corrected chi connectivity index (χ3v) is 3.59. The van der Waals surface area contributed by atoms with Crippen LogP contribution < -0.4 is 5.32 Å². The van der Waals surface area contributed by atoms with Crippen molar-refractivity contribution in [2.75, 3.05) is 19.6 Å². The van der Waals surface area contributed by atoms with Gasteiger partial charge in [-0.1, -0.05) is 6.92 Å². The molecule has 1 atom stereocenters. The van der Waals surface area contributed by atoms with E-state index in [1.54, 1.807) is 4.90 Å². The van der Waals surface area contributed by atoms with Crippen molar-refractivity contribution in [3.8, 4) is 0 Å². The van der Waals surface area contributed by atoms with Crippen molar-refractivity contribution in [2.45, 2.75) is 25.8 Å². The van der Waals surface area contributed by atoms with Crippen molar-refractivity contribution in [1.29, 1.82) is 0 Å². The Bertz CT molecular complexity index is 544. The number of hydrogen-bond acceptors (Lipinski definition) is 4. The van der Waals surface area contributed by atoms with Crippen LogP contribution in [-0.2, 0) is 0 Å². The number of rotatable bonds is 5. The molecule has 1 aliphatic rings. The number of amides is 1. The smallest absolute Gasteiger partial charge is 0.282 e. The van der Waals surface area contributed by atoms with Gasteiger partial charge in [0.1, 0.15) is 11.4 Å². The molecule has 1 saturated heterocycles. The van der Waals surface area contributed by atoms with Crippen molar-refractivity contribution >= 4 is 11.6 Å². The van der Waals surface area contributed by atoms with Crippen LogP contribution >= 0.6 is 0 Å². The molecule has 1 unspecified atom stereocenters. The fraction of sp³-hybridized carbons (Fsp3) is 0.500. The lowest BCUT2D eigenvalue weighted by atomic mass is 10.1. The zero-order chi connectivity index (χ0) is 15.4. The summed E-state index contributed by atoms with van der Waals surface area (Å²) in [5.41, 5.74) is -0.534. The Kier molecular flexibility index (Phi) is 4.85. The van der Waals surface area contributed by atoms with Crippen molar-refractivity contribution in [3.63, 3.8) is 0 Å². The van der Waals surface area contributed by atoms with Gasteiger partial charge in [0.05, 0.1) is 4.92 Å². The van der Waals surface area contributed by atoms with E-state index in [1.807, 2.05) is 6.92 Å². The minimum absolute atomic E-state index is 0.000298. The Hall–Kier alpha value is -2.02. The molecule has 1 aromatic carbocycles. The normalized spacial score (nSPS) is 17.7. The Morgan fingerprint density at radius 3 is 2.90 bits per heavy atom. The molecule has 1 amide bonds. The molecule has 1 fully saturated rings. The number of halogens is 1. The van der Waals surface area contributed by atoms with E-state index in [9.17, 15) is 19.3 Å². The first-order valence-corrected chi connectivity index (χ1v) is 7.00. The molecule has 1 aromatic rings. The zero-order valence-corrected chi connectivity index (χ0v) is 11.8. The van der Waals surface area contributed by atoms with Crippen molar-refractivity contribution < 1.29 is 14.1 Å². The predicted molar refractivity (Wildman–Crippen MR) is 75.7 cm³/mol. The van der Waals surface area contributed by atoms with Gasteiger partial charge in [0.15, 0.2) is 0 Å². The first kappa shape index (κ1) is 15.4. The second-order valence-corrected chi connectivity index (χ2v) is 5.06. The number of carbonyl (C=O) groups excluding carboxylic acids is 1. The second kappa shape index (κ2) is 6.62. The van der Waals surface area contributed by atoms with E-state index in [0.29, 0.717) is 13.1 Å². The van der Waals surface area contributed by atoms with Crippen LogP contribution in [0.1, 0.15) is 30.1 Å². The molecule has 0 spiro atoms. The molecule has 21 heavy (non-hydrogen) atoms. The number of nitrogens with zero attached hydrogens (tertiary/aromatic N) is 2. The molecule has 7 heteroatoms. The number of hydrogen-bond donors (Lipinski definition) is 1. The van der Waals surface area contributed by atoms with E-state index < -0.39 is 16.6 Å². The standard InChI is InChI=1S/C14H18FN3O3/c1-2-7-17(11-5-6-16-9-11)14(19)12-8-10(15)3-4-13(12)18(20)21/h3-4,8,11,16H,2,5-7,9H2,1H3. The number of carbonyl (C=O) groups is 1. The van der Waals surface area contributed by atoms with Crippen molar-refractivity contribution in [1.82, 2.24) is 10.2 Å². The minimum atomic E-state index is -0.649. The quantitative estimate of drug-likeness (QED) is 0.665. The lowest BCUT2D eigenvalue weighted by Crippen LogP contribution is -2.42. The maximum atomic E-state index is 13.4. The first-order chi connectivity index (χ1) is 10.0. The van der Waals surface area contributed by atoms with E-state index in [-0.39, 0.29) is 17.3 Å².